The Labute approximate surface area is 79.0 Å². The fourth-order valence-electron chi connectivity index (χ4n) is 0.985. The Kier molecular flexibility index (Phi) is 3.04. The number of halogens is 1. The molecule has 14 heavy (non-hydrogen) atoms. The number of azide groups is 1. The Hall–Kier alpha value is -2.07. The zero-order valence-electron chi connectivity index (χ0n) is 7.09. The van der Waals surface area contributed by atoms with Crippen molar-refractivity contribution in [3.63, 3.8) is 0 Å². The van der Waals surface area contributed by atoms with Gasteiger partial charge in [0.1, 0.15) is 11.9 Å². The van der Waals surface area contributed by atoms with Gasteiger partial charge in [-0.25, -0.2) is 4.39 Å². The van der Waals surface area contributed by atoms with Crippen molar-refractivity contribution in [2.24, 2.45) is 10.8 Å². The van der Waals surface area contributed by atoms with Gasteiger partial charge in [-0.15, -0.1) is 0 Å². The number of hydrogen-bond donors (Lipinski definition) is 1. The molecule has 0 saturated carbocycles. The molecule has 0 aliphatic carbocycles. The molecule has 0 aliphatic heterocycles. The molecule has 1 rings (SSSR count). The molecule has 1 aromatic carbocycles. The molecular weight excluding hydrogens is 187 g/mol. The van der Waals surface area contributed by atoms with Crippen molar-refractivity contribution in [1.29, 1.82) is 0 Å². The topological polar surface area (TPSA) is 91.8 Å². The second-order valence-electron chi connectivity index (χ2n) is 2.56. The lowest BCUT2D eigenvalue weighted by Gasteiger charge is -2.05. The smallest absolute Gasteiger partial charge is 0.230 e. The highest BCUT2D eigenvalue weighted by atomic mass is 19.1. The molecule has 0 aromatic heterocycles. The van der Waals surface area contributed by atoms with Gasteiger partial charge in [-0.05, 0) is 23.2 Å². The fraction of sp³-hybridized carbons (Fsp3) is 0.125. The highest BCUT2D eigenvalue weighted by molar-refractivity contribution is 5.81. The Morgan fingerprint density at radius 3 is 2.50 bits per heavy atom. The van der Waals surface area contributed by atoms with E-state index in [-0.39, 0.29) is 0 Å². The number of primary amides is 1. The van der Waals surface area contributed by atoms with Gasteiger partial charge in [0.15, 0.2) is 0 Å². The Morgan fingerprint density at radius 1 is 1.50 bits per heavy atom. The van der Waals surface area contributed by atoms with E-state index < -0.39 is 17.8 Å². The van der Waals surface area contributed by atoms with E-state index >= 15 is 0 Å². The zero-order valence-corrected chi connectivity index (χ0v) is 7.09. The third kappa shape index (κ3) is 2.21. The first-order valence-electron chi connectivity index (χ1n) is 3.74. The standard InChI is InChI=1S/C8H7FN4O/c9-6-3-1-5(2-4-6)7(8(10)14)12-13-11/h1-4,7H,(H2,10,14)/t7-/m0/s1. The van der Waals surface area contributed by atoms with Gasteiger partial charge in [0, 0.05) is 4.91 Å². The maximum atomic E-state index is 12.5. The fourth-order valence-corrected chi connectivity index (χ4v) is 0.985. The van der Waals surface area contributed by atoms with E-state index in [9.17, 15) is 9.18 Å². The van der Waals surface area contributed by atoms with Crippen LogP contribution < -0.4 is 5.73 Å². The van der Waals surface area contributed by atoms with Crippen LogP contribution in [0.3, 0.4) is 0 Å². The molecule has 1 amide bonds. The lowest BCUT2D eigenvalue weighted by atomic mass is 10.1. The molecule has 0 radical (unpaired) electrons. The van der Waals surface area contributed by atoms with Crippen molar-refractivity contribution < 1.29 is 9.18 Å². The maximum absolute atomic E-state index is 12.5. The van der Waals surface area contributed by atoms with Crippen LogP contribution in [0.25, 0.3) is 10.4 Å². The summed E-state index contributed by atoms with van der Waals surface area (Å²) in [7, 11) is 0. The van der Waals surface area contributed by atoms with E-state index in [1.165, 1.54) is 12.1 Å². The summed E-state index contributed by atoms with van der Waals surface area (Å²) in [5.41, 5.74) is 13.5. The number of nitrogens with two attached hydrogens (primary N) is 1. The summed E-state index contributed by atoms with van der Waals surface area (Å²) >= 11 is 0. The summed E-state index contributed by atoms with van der Waals surface area (Å²) in [5.74, 6) is -1.20. The van der Waals surface area contributed by atoms with Gasteiger partial charge < -0.3 is 5.73 Å². The van der Waals surface area contributed by atoms with E-state index in [4.69, 9.17) is 11.3 Å². The lowest BCUT2D eigenvalue weighted by Crippen LogP contribution is -2.19. The van der Waals surface area contributed by atoms with Gasteiger partial charge in [-0.3, -0.25) is 4.79 Å². The minimum Gasteiger partial charge on any atom is -0.369 e. The summed E-state index contributed by atoms with van der Waals surface area (Å²) in [6.07, 6.45) is 0. The molecule has 0 heterocycles. The van der Waals surface area contributed by atoms with Gasteiger partial charge in [0.25, 0.3) is 0 Å². The predicted octanol–water partition coefficient (Wildman–Crippen LogP) is 1.66. The Balaban J connectivity index is 3.05. The number of rotatable bonds is 3. The number of hydrogen-bond acceptors (Lipinski definition) is 2. The van der Waals surface area contributed by atoms with Gasteiger partial charge >= 0.3 is 0 Å². The first-order chi connectivity index (χ1) is 6.65. The molecule has 0 unspecified atom stereocenters. The van der Waals surface area contributed by atoms with Crippen LogP contribution in [-0.4, -0.2) is 5.91 Å². The van der Waals surface area contributed by atoms with E-state index in [0.717, 1.165) is 12.1 Å². The van der Waals surface area contributed by atoms with Crippen LogP contribution in [0.2, 0.25) is 0 Å². The average molecular weight is 194 g/mol. The van der Waals surface area contributed by atoms with E-state index in [0.29, 0.717) is 5.56 Å². The number of carbonyl (C=O) groups excluding carboxylic acids is 1. The zero-order chi connectivity index (χ0) is 10.6. The van der Waals surface area contributed by atoms with Crippen LogP contribution >= 0.6 is 0 Å². The van der Waals surface area contributed by atoms with Gasteiger partial charge in [0.05, 0.1) is 0 Å². The van der Waals surface area contributed by atoms with E-state index in [1.54, 1.807) is 0 Å². The highest BCUT2D eigenvalue weighted by Gasteiger charge is 2.15. The average Bonchev–Trinajstić information content (AvgIpc) is 2.15. The first-order valence-corrected chi connectivity index (χ1v) is 3.74. The number of amides is 1. The van der Waals surface area contributed by atoms with Crippen LogP contribution in [0.1, 0.15) is 11.6 Å². The molecule has 0 fully saturated rings. The molecule has 72 valence electrons. The molecule has 0 spiro atoms. The molecule has 1 atom stereocenters. The summed E-state index contributed by atoms with van der Waals surface area (Å²) in [5, 5.41) is 3.21. The number of nitrogens with zero attached hydrogens (tertiary/aromatic N) is 3. The van der Waals surface area contributed by atoms with Crippen molar-refractivity contribution in [2.45, 2.75) is 6.04 Å². The Bertz CT molecular complexity index is 381. The van der Waals surface area contributed by atoms with Gasteiger partial charge in [-0.1, -0.05) is 17.2 Å². The molecule has 5 nitrogen and oxygen atoms in total. The molecular formula is C8H7FN4O. The first kappa shape index (κ1) is 10.0. The summed E-state index contributed by atoms with van der Waals surface area (Å²) in [4.78, 5) is 13.3. The SMILES string of the molecule is [N-]=[N+]=N[C@H](C(N)=O)c1ccc(F)cc1. The van der Waals surface area contributed by atoms with Gasteiger partial charge in [-0.2, -0.15) is 0 Å². The summed E-state index contributed by atoms with van der Waals surface area (Å²) < 4.78 is 12.5. The second-order valence-corrected chi connectivity index (χ2v) is 2.56. The van der Waals surface area contributed by atoms with Crippen LogP contribution in [0.15, 0.2) is 29.4 Å². The van der Waals surface area contributed by atoms with Crippen LogP contribution in [0.5, 0.6) is 0 Å². The molecule has 0 bridgehead atoms. The van der Waals surface area contributed by atoms with E-state index in [2.05, 4.69) is 10.0 Å². The van der Waals surface area contributed by atoms with Crippen LogP contribution in [-0.2, 0) is 4.79 Å². The third-order valence-electron chi connectivity index (χ3n) is 1.62. The molecule has 1 aromatic rings. The molecule has 2 N–H and O–H groups in total. The van der Waals surface area contributed by atoms with Crippen LogP contribution in [0.4, 0.5) is 4.39 Å². The summed E-state index contributed by atoms with van der Waals surface area (Å²) in [6.45, 7) is 0. The lowest BCUT2D eigenvalue weighted by molar-refractivity contribution is -0.119. The monoisotopic (exact) mass is 194 g/mol. The number of benzene rings is 1. The maximum Gasteiger partial charge on any atom is 0.230 e. The van der Waals surface area contributed by atoms with Crippen molar-refractivity contribution in [3.05, 3.63) is 46.1 Å². The largest absolute Gasteiger partial charge is 0.369 e. The number of carbonyl (C=O) groups is 1. The summed E-state index contributed by atoms with van der Waals surface area (Å²) in [6, 6.07) is 3.94. The predicted molar refractivity (Wildman–Crippen MR) is 47.5 cm³/mol. The van der Waals surface area contributed by atoms with Crippen LogP contribution in [0, 0.1) is 5.82 Å². The third-order valence-corrected chi connectivity index (χ3v) is 1.62. The van der Waals surface area contributed by atoms with Crippen molar-refractivity contribution in [2.75, 3.05) is 0 Å². The molecule has 0 aliphatic rings. The Morgan fingerprint density at radius 2 is 2.07 bits per heavy atom. The minimum atomic E-state index is -1.08. The van der Waals surface area contributed by atoms with Crippen molar-refractivity contribution in [3.8, 4) is 0 Å². The highest BCUT2D eigenvalue weighted by Crippen LogP contribution is 2.17. The minimum absolute atomic E-state index is 0.372. The van der Waals surface area contributed by atoms with E-state index in [1.807, 2.05) is 0 Å². The van der Waals surface area contributed by atoms with Crippen molar-refractivity contribution >= 4 is 5.91 Å². The molecule has 6 heteroatoms. The quantitative estimate of drug-likeness (QED) is 0.442. The second kappa shape index (κ2) is 4.25. The van der Waals surface area contributed by atoms with Crippen molar-refractivity contribution in [1.82, 2.24) is 0 Å². The normalized spacial score (nSPS) is 11.5. The molecule has 0 saturated heterocycles. The van der Waals surface area contributed by atoms with Gasteiger partial charge in [0.2, 0.25) is 5.91 Å².